The van der Waals surface area contributed by atoms with Gasteiger partial charge >= 0.3 is 0 Å². The summed E-state index contributed by atoms with van der Waals surface area (Å²) in [5, 5.41) is 0. The maximum Gasteiger partial charge on any atom is 0.120 e. The zero-order valence-corrected chi connectivity index (χ0v) is 11.7. The molecule has 0 radical (unpaired) electrons. The number of nitrogens with two attached hydrogens (primary N) is 1. The highest BCUT2D eigenvalue weighted by Gasteiger charge is 2.04. The number of hydrogen-bond donors (Lipinski definition) is 1. The molecule has 0 aliphatic carbocycles. The van der Waals surface area contributed by atoms with E-state index in [2.05, 4.69) is 22.0 Å². The van der Waals surface area contributed by atoms with Crippen molar-refractivity contribution in [1.29, 1.82) is 0 Å². The summed E-state index contributed by atoms with van der Waals surface area (Å²) in [7, 11) is 1.65. The summed E-state index contributed by atoms with van der Waals surface area (Å²) in [6.07, 6.45) is 0. The summed E-state index contributed by atoms with van der Waals surface area (Å²) in [6, 6.07) is 13.8. The van der Waals surface area contributed by atoms with Crippen LogP contribution in [-0.4, -0.2) is 7.11 Å². The Morgan fingerprint density at radius 3 is 2.71 bits per heavy atom. The van der Waals surface area contributed by atoms with Gasteiger partial charge in [0, 0.05) is 20.0 Å². The first-order chi connectivity index (χ1) is 8.19. The first kappa shape index (κ1) is 12.3. The minimum atomic E-state index is 0.760. The van der Waals surface area contributed by atoms with Crippen molar-refractivity contribution >= 4 is 33.4 Å². The van der Waals surface area contributed by atoms with Gasteiger partial charge in [0.05, 0.1) is 7.11 Å². The summed E-state index contributed by atoms with van der Waals surface area (Å²) >= 11 is 5.08. The molecular weight excluding hydrogens is 298 g/mol. The topological polar surface area (TPSA) is 35.2 Å². The monoisotopic (exact) mass is 309 g/mol. The standard InChI is InChI=1S/C13H12BrNOS/c1-16-10-5-6-12(15)13(8-10)17-11-4-2-3-9(14)7-11/h2-8H,15H2,1H3. The van der Waals surface area contributed by atoms with Gasteiger partial charge in [0.15, 0.2) is 0 Å². The Morgan fingerprint density at radius 2 is 2.00 bits per heavy atom. The molecule has 2 aromatic rings. The molecule has 0 spiro atoms. The van der Waals surface area contributed by atoms with Crippen LogP contribution in [0, 0.1) is 0 Å². The number of anilines is 1. The molecular formula is C13H12BrNOS. The molecule has 2 aromatic carbocycles. The summed E-state index contributed by atoms with van der Waals surface area (Å²) < 4.78 is 6.25. The van der Waals surface area contributed by atoms with Gasteiger partial charge < -0.3 is 10.5 Å². The van der Waals surface area contributed by atoms with Crippen molar-refractivity contribution in [3.63, 3.8) is 0 Å². The molecule has 2 rings (SSSR count). The molecule has 0 atom stereocenters. The van der Waals surface area contributed by atoms with E-state index < -0.39 is 0 Å². The van der Waals surface area contributed by atoms with Gasteiger partial charge in [0.2, 0.25) is 0 Å². The zero-order valence-electron chi connectivity index (χ0n) is 9.31. The summed E-state index contributed by atoms with van der Waals surface area (Å²) in [5.74, 6) is 0.816. The lowest BCUT2D eigenvalue weighted by Gasteiger charge is -2.08. The van der Waals surface area contributed by atoms with Crippen LogP contribution < -0.4 is 10.5 Å². The molecule has 0 saturated carbocycles. The zero-order chi connectivity index (χ0) is 12.3. The van der Waals surface area contributed by atoms with Gasteiger partial charge in [-0.15, -0.1) is 0 Å². The first-order valence-electron chi connectivity index (χ1n) is 5.06. The number of rotatable bonds is 3. The molecule has 0 fully saturated rings. The third-order valence-electron chi connectivity index (χ3n) is 2.24. The van der Waals surface area contributed by atoms with Crippen molar-refractivity contribution in [2.75, 3.05) is 12.8 Å². The molecule has 4 heteroatoms. The quantitative estimate of drug-likeness (QED) is 0.863. The van der Waals surface area contributed by atoms with Gasteiger partial charge in [-0.1, -0.05) is 33.8 Å². The molecule has 88 valence electrons. The maximum atomic E-state index is 5.94. The number of methoxy groups -OCH3 is 1. The predicted molar refractivity (Wildman–Crippen MR) is 75.7 cm³/mol. The summed E-state index contributed by atoms with van der Waals surface area (Å²) in [6.45, 7) is 0. The predicted octanol–water partition coefficient (Wildman–Crippen LogP) is 4.19. The minimum absolute atomic E-state index is 0.760. The molecule has 2 N–H and O–H groups in total. The average molecular weight is 310 g/mol. The van der Waals surface area contributed by atoms with Crippen LogP contribution in [0.3, 0.4) is 0 Å². The van der Waals surface area contributed by atoms with E-state index in [9.17, 15) is 0 Å². The number of ether oxygens (including phenoxy) is 1. The number of hydrogen-bond acceptors (Lipinski definition) is 3. The molecule has 0 aliphatic heterocycles. The van der Waals surface area contributed by atoms with Gasteiger partial charge in [0.25, 0.3) is 0 Å². The fraction of sp³-hybridized carbons (Fsp3) is 0.0769. The second kappa shape index (κ2) is 5.47. The Bertz CT molecular complexity index is 531. The smallest absolute Gasteiger partial charge is 0.120 e. The van der Waals surface area contributed by atoms with E-state index in [0.717, 1.165) is 25.7 Å². The molecule has 17 heavy (non-hydrogen) atoms. The van der Waals surface area contributed by atoms with Crippen LogP contribution in [0.25, 0.3) is 0 Å². The molecule has 0 aliphatic rings. The average Bonchev–Trinajstić information content (AvgIpc) is 2.32. The Balaban J connectivity index is 2.29. The Kier molecular flexibility index (Phi) is 3.97. The Labute approximate surface area is 113 Å². The highest BCUT2D eigenvalue weighted by molar-refractivity contribution is 9.10. The van der Waals surface area contributed by atoms with E-state index in [1.165, 1.54) is 0 Å². The highest BCUT2D eigenvalue weighted by Crippen LogP contribution is 2.35. The van der Waals surface area contributed by atoms with Crippen LogP contribution in [-0.2, 0) is 0 Å². The molecule has 2 nitrogen and oxygen atoms in total. The third kappa shape index (κ3) is 3.17. The van der Waals surface area contributed by atoms with E-state index >= 15 is 0 Å². The molecule has 0 heterocycles. The van der Waals surface area contributed by atoms with E-state index in [1.54, 1.807) is 18.9 Å². The number of halogens is 1. The molecule has 0 amide bonds. The molecule has 0 bridgehead atoms. The molecule has 0 aromatic heterocycles. The second-order valence-corrected chi connectivity index (χ2v) is 5.49. The largest absolute Gasteiger partial charge is 0.497 e. The lowest BCUT2D eigenvalue weighted by atomic mass is 10.3. The van der Waals surface area contributed by atoms with Crippen LogP contribution >= 0.6 is 27.7 Å². The Hall–Kier alpha value is -1.13. The van der Waals surface area contributed by atoms with E-state index in [-0.39, 0.29) is 0 Å². The minimum Gasteiger partial charge on any atom is -0.497 e. The number of nitrogen functional groups attached to an aromatic ring is 1. The summed E-state index contributed by atoms with van der Waals surface area (Å²) in [5.41, 5.74) is 6.70. The van der Waals surface area contributed by atoms with Crippen molar-refractivity contribution in [3.05, 3.63) is 46.9 Å². The van der Waals surface area contributed by atoms with Gasteiger partial charge in [-0.25, -0.2) is 0 Å². The summed E-state index contributed by atoms with van der Waals surface area (Å²) in [4.78, 5) is 2.14. The van der Waals surface area contributed by atoms with Crippen LogP contribution in [0.1, 0.15) is 0 Å². The van der Waals surface area contributed by atoms with Crippen molar-refractivity contribution in [2.45, 2.75) is 9.79 Å². The van der Waals surface area contributed by atoms with E-state index in [1.807, 2.05) is 36.4 Å². The van der Waals surface area contributed by atoms with E-state index in [0.29, 0.717) is 0 Å². The van der Waals surface area contributed by atoms with Gasteiger partial charge in [-0.05, 0) is 36.4 Å². The van der Waals surface area contributed by atoms with Gasteiger partial charge in [-0.3, -0.25) is 0 Å². The van der Waals surface area contributed by atoms with Crippen LogP contribution in [0.2, 0.25) is 0 Å². The van der Waals surface area contributed by atoms with Crippen LogP contribution in [0.5, 0.6) is 5.75 Å². The van der Waals surface area contributed by atoms with Crippen molar-refractivity contribution in [3.8, 4) is 5.75 Å². The van der Waals surface area contributed by atoms with Crippen LogP contribution in [0.4, 0.5) is 5.69 Å². The lowest BCUT2D eigenvalue weighted by Crippen LogP contribution is -1.90. The van der Waals surface area contributed by atoms with Crippen LogP contribution in [0.15, 0.2) is 56.7 Å². The van der Waals surface area contributed by atoms with Gasteiger partial charge in [-0.2, -0.15) is 0 Å². The third-order valence-corrected chi connectivity index (χ3v) is 3.80. The SMILES string of the molecule is COc1ccc(N)c(Sc2cccc(Br)c2)c1. The Morgan fingerprint density at radius 1 is 1.18 bits per heavy atom. The molecule has 0 unspecified atom stereocenters. The normalized spacial score (nSPS) is 10.2. The van der Waals surface area contributed by atoms with E-state index in [4.69, 9.17) is 10.5 Å². The highest BCUT2D eigenvalue weighted by atomic mass is 79.9. The fourth-order valence-electron chi connectivity index (χ4n) is 1.39. The molecule has 0 saturated heterocycles. The maximum absolute atomic E-state index is 5.94. The van der Waals surface area contributed by atoms with Crippen molar-refractivity contribution < 1.29 is 4.74 Å². The first-order valence-corrected chi connectivity index (χ1v) is 6.67. The second-order valence-electron chi connectivity index (χ2n) is 3.46. The van der Waals surface area contributed by atoms with Crippen molar-refractivity contribution in [1.82, 2.24) is 0 Å². The van der Waals surface area contributed by atoms with Crippen molar-refractivity contribution in [2.24, 2.45) is 0 Å². The lowest BCUT2D eigenvalue weighted by molar-refractivity contribution is 0.414. The fourth-order valence-corrected chi connectivity index (χ4v) is 2.89. The van der Waals surface area contributed by atoms with Gasteiger partial charge in [0.1, 0.15) is 5.75 Å². The number of benzene rings is 2.